The van der Waals surface area contributed by atoms with Gasteiger partial charge in [0.15, 0.2) is 0 Å². The summed E-state index contributed by atoms with van der Waals surface area (Å²) < 4.78 is 39.9. The van der Waals surface area contributed by atoms with Gasteiger partial charge in [-0.25, -0.2) is 0 Å². The number of anilines is 1. The molecule has 1 N–H and O–H groups in total. The zero-order valence-corrected chi connectivity index (χ0v) is 18.0. The van der Waals surface area contributed by atoms with Gasteiger partial charge in [-0.15, -0.1) is 0 Å². The highest BCUT2D eigenvalue weighted by atomic mass is 35.5. The van der Waals surface area contributed by atoms with E-state index in [2.05, 4.69) is 4.98 Å². The SMILES string of the molecule is O=C(c1cc2ccccc2[nH]c1=O)N(CCc1cccc(Cl)c1)c1cccc(C(F)(F)F)c1. The van der Waals surface area contributed by atoms with Crippen LogP contribution in [0.1, 0.15) is 21.5 Å². The third-order valence-corrected chi connectivity index (χ3v) is 5.46. The molecule has 168 valence electrons. The third kappa shape index (κ3) is 5.09. The Balaban J connectivity index is 1.76. The van der Waals surface area contributed by atoms with E-state index in [0.717, 1.165) is 17.7 Å². The first-order valence-electron chi connectivity index (χ1n) is 10.1. The largest absolute Gasteiger partial charge is 0.416 e. The van der Waals surface area contributed by atoms with Gasteiger partial charge in [0.05, 0.1) is 5.56 Å². The van der Waals surface area contributed by atoms with Crippen molar-refractivity contribution in [1.29, 1.82) is 0 Å². The summed E-state index contributed by atoms with van der Waals surface area (Å²) in [6.45, 7) is 0.0484. The lowest BCUT2D eigenvalue weighted by Gasteiger charge is -2.24. The molecule has 0 aliphatic rings. The number of aromatic nitrogens is 1. The lowest BCUT2D eigenvalue weighted by atomic mass is 10.1. The van der Waals surface area contributed by atoms with E-state index >= 15 is 0 Å². The van der Waals surface area contributed by atoms with Gasteiger partial charge >= 0.3 is 6.18 Å². The third-order valence-electron chi connectivity index (χ3n) is 5.23. The molecule has 0 atom stereocenters. The molecule has 33 heavy (non-hydrogen) atoms. The molecule has 0 spiro atoms. The highest BCUT2D eigenvalue weighted by Gasteiger charge is 2.31. The lowest BCUT2D eigenvalue weighted by Crippen LogP contribution is -2.36. The summed E-state index contributed by atoms with van der Waals surface area (Å²) in [7, 11) is 0. The minimum Gasteiger partial charge on any atom is -0.321 e. The van der Waals surface area contributed by atoms with Crippen molar-refractivity contribution < 1.29 is 18.0 Å². The molecule has 4 rings (SSSR count). The number of hydrogen-bond acceptors (Lipinski definition) is 2. The number of nitrogens with zero attached hydrogens (tertiary/aromatic N) is 1. The molecular weight excluding hydrogens is 453 g/mol. The number of halogens is 4. The number of rotatable bonds is 5. The van der Waals surface area contributed by atoms with E-state index in [-0.39, 0.29) is 17.8 Å². The summed E-state index contributed by atoms with van der Waals surface area (Å²) >= 11 is 6.03. The molecule has 1 heterocycles. The molecule has 0 bridgehead atoms. The Kier molecular flexibility index (Phi) is 6.24. The quantitative estimate of drug-likeness (QED) is 0.384. The van der Waals surface area contributed by atoms with Crippen molar-refractivity contribution in [2.45, 2.75) is 12.6 Å². The number of para-hydroxylation sites is 1. The van der Waals surface area contributed by atoms with Crippen LogP contribution in [-0.2, 0) is 12.6 Å². The molecule has 4 aromatic rings. The number of fused-ring (bicyclic) bond motifs is 1. The van der Waals surface area contributed by atoms with Crippen molar-refractivity contribution in [2.75, 3.05) is 11.4 Å². The van der Waals surface area contributed by atoms with Crippen LogP contribution in [0.4, 0.5) is 18.9 Å². The molecule has 8 heteroatoms. The maximum absolute atomic E-state index is 13.5. The number of hydrogen-bond donors (Lipinski definition) is 1. The van der Waals surface area contributed by atoms with Gasteiger partial charge in [0.25, 0.3) is 11.5 Å². The fraction of sp³-hybridized carbons (Fsp3) is 0.120. The number of benzene rings is 3. The van der Waals surface area contributed by atoms with Crippen molar-refractivity contribution in [2.24, 2.45) is 0 Å². The zero-order chi connectivity index (χ0) is 23.6. The van der Waals surface area contributed by atoms with Crippen molar-refractivity contribution >= 4 is 34.1 Å². The summed E-state index contributed by atoms with van der Waals surface area (Å²) in [5.41, 5.74) is -0.240. The molecule has 4 nitrogen and oxygen atoms in total. The molecule has 0 radical (unpaired) electrons. The van der Waals surface area contributed by atoms with Gasteiger partial charge in [-0.3, -0.25) is 9.59 Å². The van der Waals surface area contributed by atoms with Gasteiger partial charge in [0.1, 0.15) is 5.56 Å². The topological polar surface area (TPSA) is 53.2 Å². The van der Waals surface area contributed by atoms with Crippen molar-refractivity contribution in [3.8, 4) is 0 Å². The Bertz CT molecular complexity index is 1380. The van der Waals surface area contributed by atoms with E-state index in [1.165, 1.54) is 23.1 Å². The molecule has 1 aromatic heterocycles. The van der Waals surface area contributed by atoms with Crippen LogP contribution < -0.4 is 10.5 Å². The number of H-pyrrole nitrogens is 1. The molecule has 0 fully saturated rings. The average Bonchev–Trinajstić information content (AvgIpc) is 2.78. The Hall–Kier alpha value is -3.58. The van der Waals surface area contributed by atoms with Gasteiger partial charge in [0.2, 0.25) is 0 Å². The number of aromatic amines is 1. The summed E-state index contributed by atoms with van der Waals surface area (Å²) in [4.78, 5) is 30.0. The molecule has 1 amide bonds. The highest BCUT2D eigenvalue weighted by Crippen LogP contribution is 2.32. The fourth-order valence-corrected chi connectivity index (χ4v) is 3.80. The number of pyridine rings is 1. The number of carbonyl (C=O) groups excluding carboxylic acids is 1. The first-order valence-corrected chi connectivity index (χ1v) is 10.5. The predicted molar refractivity (Wildman–Crippen MR) is 123 cm³/mol. The van der Waals surface area contributed by atoms with Crippen LogP contribution in [0.25, 0.3) is 10.9 Å². The number of carbonyl (C=O) groups is 1. The summed E-state index contributed by atoms with van der Waals surface area (Å²) in [5.74, 6) is -0.691. The summed E-state index contributed by atoms with van der Waals surface area (Å²) in [6, 6.07) is 19.9. The van der Waals surface area contributed by atoms with Crippen LogP contribution in [0.15, 0.2) is 83.7 Å². The summed E-state index contributed by atoms with van der Waals surface area (Å²) in [6.07, 6.45) is -4.24. The Morgan fingerprint density at radius 3 is 2.45 bits per heavy atom. The second kappa shape index (κ2) is 9.11. The second-order valence-electron chi connectivity index (χ2n) is 7.48. The minimum absolute atomic E-state index is 0.0458. The molecule has 0 aliphatic heterocycles. The molecule has 0 unspecified atom stereocenters. The van der Waals surface area contributed by atoms with Crippen molar-refractivity contribution in [1.82, 2.24) is 4.98 Å². The van der Waals surface area contributed by atoms with Gasteiger partial charge in [-0.2, -0.15) is 13.2 Å². The molecule has 0 saturated heterocycles. The summed E-state index contributed by atoms with van der Waals surface area (Å²) in [5, 5.41) is 1.15. The van der Waals surface area contributed by atoms with Gasteiger partial charge in [-0.05, 0) is 59.8 Å². The maximum Gasteiger partial charge on any atom is 0.416 e. The second-order valence-corrected chi connectivity index (χ2v) is 7.92. The van der Waals surface area contributed by atoms with Crippen molar-refractivity contribution in [3.05, 3.63) is 111 Å². The van der Waals surface area contributed by atoms with E-state index in [4.69, 9.17) is 11.6 Å². The predicted octanol–water partition coefficient (Wildman–Crippen LogP) is 6.09. The van der Waals surface area contributed by atoms with Crippen LogP contribution in [0.2, 0.25) is 5.02 Å². The molecule has 0 saturated carbocycles. The Morgan fingerprint density at radius 1 is 0.939 bits per heavy atom. The van der Waals surface area contributed by atoms with Crippen LogP contribution >= 0.6 is 11.6 Å². The number of nitrogens with one attached hydrogen (secondary N) is 1. The van der Waals surface area contributed by atoms with E-state index in [9.17, 15) is 22.8 Å². The molecular formula is C25H18ClF3N2O2. The minimum atomic E-state index is -4.57. The van der Waals surface area contributed by atoms with E-state index in [0.29, 0.717) is 22.3 Å². The van der Waals surface area contributed by atoms with Crippen LogP contribution in [0, 0.1) is 0 Å². The fourth-order valence-electron chi connectivity index (χ4n) is 3.58. The average molecular weight is 471 g/mol. The molecule has 3 aromatic carbocycles. The first kappa shape index (κ1) is 22.6. The monoisotopic (exact) mass is 470 g/mol. The Labute approximate surface area is 192 Å². The Morgan fingerprint density at radius 2 is 1.70 bits per heavy atom. The van der Waals surface area contributed by atoms with Gasteiger partial charge in [-0.1, -0.05) is 48.0 Å². The highest BCUT2D eigenvalue weighted by molar-refractivity contribution is 6.30. The standard InChI is InChI=1S/C25H18ClF3N2O2/c26-19-8-3-5-16(13-19)11-12-31(20-9-4-7-18(15-20)25(27,28)29)24(33)21-14-17-6-1-2-10-22(17)30-23(21)32/h1-10,13-15H,11-12H2,(H,30,32). The van der Waals surface area contributed by atoms with Crippen LogP contribution in [-0.4, -0.2) is 17.4 Å². The van der Waals surface area contributed by atoms with E-state index < -0.39 is 23.2 Å². The van der Waals surface area contributed by atoms with Crippen LogP contribution in [0.3, 0.4) is 0 Å². The normalized spacial score (nSPS) is 11.5. The van der Waals surface area contributed by atoms with Crippen LogP contribution in [0.5, 0.6) is 0 Å². The number of amides is 1. The maximum atomic E-state index is 13.5. The number of alkyl halides is 3. The molecule has 0 aliphatic carbocycles. The smallest absolute Gasteiger partial charge is 0.321 e. The van der Waals surface area contributed by atoms with Gasteiger partial charge < -0.3 is 9.88 Å². The van der Waals surface area contributed by atoms with Gasteiger partial charge in [0, 0.05) is 22.8 Å². The lowest BCUT2D eigenvalue weighted by molar-refractivity contribution is -0.137. The van der Waals surface area contributed by atoms with E-state index in [1.54, 1.807) is 42.5 Å². The zero-order valence-electron chi connectivity index (χ0n) is 17.2. The van der Waals surface area contributed by atoms with Crippen molar-refractivity contribution in [3.63, 3.8) is 0 Å². The van der Waals surface area contributed by atoms with E-state index in [1.807, 2.05) is 6.07 Å². The first-order chi connectivity index (χ1) is 15.7.